The number of fused-ring (bicyclic) bond motifs is 1. The van der Waals surface area contributed by atoms with Crippen molar-refractivity contribution in [2.75, 3.05) is 18.7 Å². The second kappa shape index (κ2) is 9.25. The standard InChI is InChI=1S/C21H21FN2O6/c1-12(2)19(24-20(26)14-5-3-4-6-15(14)22)21(27)28-10-18(25)23-13-7-8-16-17(9-13)30-11-29-16/h3-9,12,19H,10-11H2,1-2H3,(H,23,25)(H,24,26)/t19-/m0/s1. The zero-order chi connectivity index (χ0) is 21.7. The summed E-state index contributed by atoms with van der Waals surface area (Å²) >= 11 is 0. The highest BCUT2D eigenvalue weighted by Gasteiger charge is 2.27. The second-order valence-electron chi connectivity index (χ2n) is 6.90. The second-order valence-corrected chi connectivity index (χ2v) is 6.90. The van der Waals surface area contributed by atoms with Gasteiger partial charge in [-0.2, -0.15) is 0 Å². The molecule has 0 saturated heterocycles. The van der Waals surface area contributed by atoms with Gasteiger partial charge in [-0.05, 0) is 30.2 Å². The van der Waals surface area contributed by atoms with Crippen LogP contribution in [0.25, 0.3) is 0 Å². The normalized spacial score (nSPS) is 12.9. The van der Waals surface area contributed by atoms with Gasteiger partial charge in [0.25, 0.3) is 11.8 Å². The van der Waals surface area contributed by atoms with Gasteiger partial charge in [-0.25, -0.2) is 9.18 Å². The molecule has 0 fully saturated rings. The van der Waals surface area contributed by atoms with Crippen LogP contribution in [0.3, 0.4) is 0 Å². The number of anilines is 1. The molecule has 1 aliphatic rings. The van der Waals surface area contributed by atoms with E-state index in [2.05, 4.69) is 10.6 Å². The lowest BCUT2D eigenvalue weighted by atomic mass is 10.0. The van der Waals surface area contributed by atoms with E-state index >= 15 is 0 Å². The van der Waals surface area contributed by atoms with Crippen LogP contribution in [-0.2, 0) is 14.3 Å². The van der Waals surface area contributed by atoms with Crippen molar-refractivity contribution < 1.29 is 33.0 Å². The summed E-state index contributed by atoms with van der Waals surface area (Å²) in [6.07, 6.45) is 0. The van der Waals surface area contributed by atoms with Gasteiger partial charge >= 0.3 is 5.97 Å². The quantitative estimate of drug-likeness (QED) is 0.673. The number of hydrogen-bond acceptors (Lipinski definition) is 6. The third-order valence-electron chi connectivity index (χ3n) is 4.33. The number of carbonyl (C=O) groups excluding carboxylic acids is 3. The monoisotopic (exact) mass is 416 g/mol. The van der Waals surface area contributed by atoms with Gasteiger partial charge in [0.05, 0.1) is 5.56 Å². The highest BCUT2D eigenvalue weighted by atomic mass is 19.1. The zero-order valence-corrected chi connectivity index (χ0v) is 16.4. The third kappa shape index (κ3) is 5.05. The van der Waals surface area contributed by atoms with Crippen LogP contribution < -0.4 is 20.1 Å². The molecule has 2 amide bonds. The van der Waals surface area contributed by atoms with E-state index in [0.717, 1.165) is 6.07 Å². The average Bonchev–Trinajstić information content (AvgIpc) is 3.18. The predicted octanol–water partition coefficient (Wildman–Crippen LogP) is 2.49. The first kappa shape index (κ1) is 21.1. The minimum Gasteiger partial charge on any atom is -0.454 e. The number of amides is 2. The summed E-state index contributed by atoms with van der Waals surface area (Å²) in [5, 5.41) is 5.04. The van der Waals surface area contributed by atoms with Gasteiger partial charge in [0, 0.05) is 11.8 Å². The molecule has 158 valence electrons. The Labute approximate surface area is 172 Å². The SMILES string of the molecule is CC(C)[C@H](NC(=O)c1ccccc1F)C(=O)OCC(=O)Nc1ccc2c(c1)OCO2. The summed E-state index contributed by atoms with van der Waals surface area (Å²) in [7, 11) is 0. The Morgan fingerprint density at radius 3 is 2.57 bits per heavy atom. The van der Waals surface area contributed by atoms with Gasteiger partial charge in [-0.3, -0.25) is 9.59 Å². The Morgan fingerprint density at radius 2 is 1.83 bits per heavy atom. The maximum atomic E-state index is 13.8. The molecule has 2 N–H and O–H groups in total. The van der Waals surface area contributed by atoms with Crippen molar-refractivity contribution in [2.24, 2.45) is 5.92 Å². The summed E-state index contributed by atoms with van der Waals surface area (Å²) in [5.74, 6) is -2.07. The molecule has 0 spiro atoms. The number of ether oxygens (including phenoxy) is 3. The fraction of sp³-hybridized carbons (Fsp3) is 0.286. The van der Waals surface area contributed by atoms with E-state index in [9.17, 15) is 18.8 Å². The van der Waals surface area contributed by atoms with Crippen molar-refractivity contribution in [3.8, 4) is 11.5 Å². The van der Waals surface area contributed by atoms with E-state index in [-0.39, 0.29) is 18.3 Å². The molecular formula is C21H21FN2O6. The average molecular weight is 416 g/mol. The smallest absolute Gasteiger partial charge is 0.329 e. The summed E-state index contributed by atoms with van der Waals surface area (Å²) in [4.78, 5) is 36.8. The van der Waals surface area contributed by atoms with Gasteiger partial charge in [0.2, 0.25) is 6.79 Å². The van der Waals surface area contributed by atoms with Crippen LogP contribution in [0.4, 0.5) is 10.1 Å². The Morgan fingerprint density at radius 1 is 1.10 bits per heavy atom. The fourth-order valence-electron chi connectivity index (χ4n) is 2.76. The topological polar surface area (TPSA) is 103 Å². The molecule has 0 aliphatic carbocycles. The van der Waals surface area contributed by atoms with Crippen molar-refractivity contribution in [3.63, 3.8) is 0 Å². The van der Waals surface area contributed by atoms with Crippen molar-refractivity contribution in [1.82, 2.24) is 5.32 Å². The first-order valence-corrected chi connectivity index (χ1v) is 9.26. The summed E-state index contributed by atoms with van der Waals surface area (Å²) in [5.41, 5.74) is 0.269. The molecule has 1 heterocycles. The minimum absolute atomic E-state index is 0.111. The number of benzene rings is 2. The molecule has 0 radical (unpaired) electrons. The van der Waals surface area contributed by atoms with Gasteiger partial charge in [-0.1, -0.05) is 26.0 Å². The van der Waals surface area contributed by atoms with Gasteiger partial charge in [0.1, 0.15) is 11.9 Å². The van der Waals surface area contributed by atoms with E-state index < -0.39 is 36.2 Å². The molecule has 9 heteroatoms. The molecule has 8 nitrogen and oxygen atoms in total. The molecular weight excluding hydrogens is 395 g/mol. The Balaban J connectivity index is 1.55. The summed E-state index contributed by atoms with van der Waals surface area (Å²) in [6, 6.07) is 9.25. The van der Waals surface area contributed by atoms with Crippen LogP contribution in [-0.4, -0.2) is 37.2 Å². The number of esters is 1. The van der Waals surface area contributed by atoms with Gasteiger partial charge in [-0.15, -0.1) is 0 Å². The highest BCUT2D eigenvalue weighted by Crippen LogP contribution is 2.34. The molecule has 2 aromatic rings. The molecule has 0 aromatic heterocycles. The molecule has 1 aliphatic heterocycles. The predicted molar refractivity (Wildman–Crippen MR) is 105 cm³/mol. The molecule has 30 heavy (non-hydrogen) atoms. The number of halogens is 1. The van der Waals surface area contributed by atoms with Crippen LogP contribution in [0.1, 0.15) is 24.2 Å². The van der Waals surface area contributed by atoms with Crippen LogP contribution in [0.2, 0.25) is 0 Å². The van der Waals surface area contributed by atoms with Crippen molar-refractivity contribution in [2.45, 2.75) is 19.9 Å². The molecule has 3 rings (SSSR count). The van der Waals surface area contributed by atoms with E-state index in [4.69, 9.17) is 14.2 Å². The van der Waals surface area contributed by atoms with Crippen LogP contribution in [0, 0.1) is 11.7 Å². The summed E-state index contributed by atoms with van der Waals surface area (Å²) in [6.45, 7) is 2.95. The third-order valence-corrected chi connectivity index (χ3v) is 4.33. The van der Waals surface area contributed by atoms with Gasteiger partial charge in [0.15, 0.2) is 18.1 Å². The van der Waals surface area contributed by atoms with E-state index in [0.29, 0.717) is 17.2 Å². The van der Waals surface area contributed by atoms with Crippen molar-refractivity contribution in [3.05, 3.63) is 53.8 Å². The highest BCUT2D eigenvalue weighted by molar-refractivity contribution is 5.97. The number of rotatable bonds is 7. The molecule has 2 aromatic carbocycles. The first-order chi connectivity index (χ1) is 14.3. The molecule has 0 saturated carbocycles. The first-order valence-electron chi connectivity index (χ1n) is 9.26. The lowest BCUT2D eigenvalue weighted by molar-refractivity contribution is -0.150. The van der Waals surface area contributed by atoms with Gasteiger partial charge < -0.3 is 24.8 Å². The maximum Gasteiger partial charge on any atom is 0.329 e. The van der Waals surface area contributed by atoms with Crippen LogP contribution >= 0.6 is 0 Å². The van der Waals surface area contributed by atoms with E-state index in [1.54, 1.807) is 32.0 Å². The molecule has 0 unspecified atom stereocenters. The van der Waals surface area contributed by atoms with E-state index in [1.165, 1.54) is 18.2 Å². The van der Waals surface area contributed by atoms with Crippen molar-refractivity contribution in [1.29, 1.82) is 0 Å². The minimum atomic E-state index is -1.05. The lowest BCUT2D eigenvalue weighted by Gasteiger charge is -2.21. The van der Waals surface area contributed by atoms with Crippen LogP contribution in [0.5, 0.6) is 11.5 Å². The number of carbonyl (C=O) groups is 3. The van der Waals surface area contributed by atoms with Crippen molar-refractivity contribution >= 4 is 23.5 Å². The Kier molecular flexibility index (Phi) is 6.51. The number of nitrogens with one attached hydrogen (secondary N) is 2. The molecule has 0 bridgehead atoms. The Hall–Kier alpha value is -3.62. The van der Waals surface area contributed by atoms with E-state index in [1.807, 2.05) is 0 Å². The number of hydrogen-bond donors (Lipinski definition) is 2. The lowest BCUT2D eigenvalue weighted by Crippen LogP contribution is -2.46. The summed E-state index contributed by atoms with van der Waals surface area (Å²) < 4.78 is 29.3. The Bertz CT molecular complexity index is 962. The van der Waals surface area contributed by atoms with Crippen LogP contribution in [0.15, 0.2) is 42.5 Å². The molecule has 1 atom stereocenters. The zero-order valence-electron chi connectivity index (χ0n) is 16.4. The largest absolute Gasteiger partial charge is 0.454 e. The fourth-order valence-corrected chi connectivity index (χ4v) is 2.76. The maximum absolute atomic E-state index is 13.8.